The van der Waals surface area contributed by atoms with Crippen LogP contribution in [0.1, 0.15) is 0 Å². The Bertz CT molecular complexity index is 1010. The number of thiazole rings is 1. The van der Waals surface area contributed by atoms with E-state index in [2.05, 4.69) is 83.8 Å². The lowest BCUT2D eigenvalue weighted by Gasteiger charge is -2.28. The molecule has 4 heteroatoms. The molecule has 4 aromatic rings. The van der Waals surface area contributed by atoms with Gasteiger partial charge in [-0.25, -0.2) is 4.98 Å². The Morgan fingerprint density at radius 2 is 1.31 bits per heavy atom. The molecule has 5 rings (SSSR count). The van der Waals surface area contributed by atoms with Gasteiger partial charge in [-0.3, -0.25) is 0 Å². The van der Waals surface area contributed by atoms with E-state index in [0.717, 1.165) is 48.1 Å². The fourth-order valence-corrected chi connectivity index (χ4v) is 4.76. The number of rotatable bonds is 4. The number of ether oxygens (including phenoxy) is 1. The van der Waals surface area contributed by atoms with Gasteiger partial charge >= 0.3 is 0 Å². The van der Waals surface area contributed by atoms with Crippen molar-refractivity contribution in [3.63, 3.8) is 0 Å². The van der Waals surface area contributed by atoms with E-state index >= 15 is 0 Å². The maximum Gasteiger partial charge on any atom is 0.124 e. The van der Waals surface area contributed by atoms with Crippen LogP contribution in [0.5, 0.6) is 0 Å². The molecule has 1 saturated heterocycles. The molecule has 0 unspecified atom stereocenters. The number of anilines is 1. The van der Waals surface area contributed by atoms with Crippen molar-refractivity contribution in [2.75, 3.05) is 31.2 Å². The van der Waals surface area contributed by atoms with Crippen LogP contribution in [-0.4, -0.2) is 31.3 Å². The first-order chi connectivity index (χ1) is 14.4. The highest BCUT2D eigenvalue weighted by Crippen LogP contribution is 2.40. The van der Waals surface area contributed by atoms with Crippen LogP contribution in [0.2, 0.25) is 0 Å². The Kier molecular flexibility index (Phi) is 5.11. The number of benzene rings is 3. The first-order valence-corrected chi connectivity index (χ1v) is 10.7. The quantitative estimate of drug-likeness (QED) is 0.423. The summed E-state index contributed by atoms with van der Waals surface area (Å²) in [5.41, 5.74) is 5.82. The Hall–Kier alpha value is -2.95. The normalized spacial score (nSPS) is 14.1. The molecule has 0 bridgehead atoms. The van der Waals surface area contributed by atoms with Crippen molar-refractivity contribution in [2.45, 2.75) is 0 Å². The summed E-state index contributed by atoms with van der Waals surface area (Å²) in [7, 11) is 0. The van der Waals surface area contributed by atoms with Crippen molar-refractivity contribution in [2.24, 2.45) is 0 Å². The van der Waals surface area contributed by atoms with Gasteiger partial charge in [0, 0.05) is 29.9 Å². The van der Waals surface area contributed by atoms with Gasteiger partial charge in [-0.2, -0.15) is 0 Å². The topological polar surface area (TPSA) is 25.4 Å². The number of hydrogen-bond acceptors (Lipinski definition) is 4. The summed E-state index contributed by atoms with van der Waals surface area (Å²) in [6, 6.07) is 29.8. The molecule has 1 aliphatic heterocycles. The molecule has 3 aromatic carbocycles. The molecule has 0 N–H and O–H groups in total. The average Bonchev–Trinajstić information content (AvgIpc) is 3.27. The highest BCUT2D eigenvalue weighted by atomic mass is 32.1. The second-order valence-corrected chi connectivity index (χ2v) is 8.07. The van der Waals surface area contributed by atoms with E-state index in [-0.39, 0.29) is 0 Å². The minimum atomic E-state index is 0.801. The molecule has 0 amide bonds. The van der Waals surface area contributed by atoms with Crippen molar-refractivity contribution < 1.29 is 4.74 Å². The van der Waals surface area contributed by atoms with E-state index in [4.69, 9.17) is 9.72 Å². The van der Waals surface area contributed by atoms with Gasteiger partial charge in [0.15, 0.2) is 0 Å². The third kappa shape index (κ3) is 3.82. The molecule has 1 aromatic heterocycles. The van der Waals surface area contributed by atoms with E-state index in [1.807, 2.05) is 6.07 Å². The van der Waals surface area contributed by atoms with Crippen LogP contribution in [0.25, 0.3) is 32.3 Å². The number of morpholine rings is 1. The third-order valence-electron chi connectivity index (χ3n) is 5.20. The molecule has 0 spiro atoms. The largest absolute Gasteiger partial charge is 0.378 e. The van der Waals surface area contributed by atoms with Gasteiger partial charge in [0.05, 0.1) is 23.8 Å². The van der Waals surface area contributed by atoms with Crippen LogP contribution < -0.4 is 4.90 Å². The van der Waals surface area contributed by atoms with Gasteiger partial charge in [0.1, 0.15) is 5.01 Å². The lowest BCUT2D eigenvalue weighted by Crippen LogP contribution is -2.36. The van der Waals surface area contributed by atoms with E-state index in [1.165, 1.54) is 16.1 Å². The van der Waals surface area contributed by atoms with Gasteiger partial charge in [0.2, 0.25) is 0 Å². The van der Waals surface area contributed by atoms with Gasteiger partial charge in [-0.05, 0) is 29.8 Å². The summed E-state index contributed by atoms with van der Waals surface area (Å²) in [5, 5.41) is 1.05. The number of aromatic nitrogens is 1. The predicted octanol–water partition coefficient (Wildman–Crippen LogP) is 5.98. The summed E-state index contributed by atoms with van der Waals surface area (Å²) in [4.78, 5) is 8.64. The second kappa shape index (κ2) is 8.19. The van der Waals surface area contributed by atoms with Crippen LogP contribution in [0, 0.1) is 0 Å². The zero-order valence-electron chi connectivity index (χ0n) is 16.1. The minimum Gasteiger partial charge on any atom is -0.378 e. The van der Waals surface area contributed by atoms with E-state index in [1.54, 1.807) is 11.3 Å². The summed E-state index contributed by atoms with van der Waals surface area (Å²) in [6.07, 6.45) is 0. The maximum absolute atomic E-state index is 5.46. The Morgan fingerprint density at radius 3 is 1.97 bits per heavy atom. The molecule has 0 atom stereocenters. The molecule has 29 heavy (non-hydrogen) atoms. The predicted molar refractivity (Wildman–Crippen MR) is 121 cm³/mol. The molecule has 0 radical (unpaired) electrons. The molecule has 0 aliphatic carbocycles. The van der Waals surface area contributed by atoms with Crippen molar-refractivity contribution in [1.29, 1.82) is 0 Å². The van der Waals surface area contributed by atoms with Gasteiger partial charge in [0.25, 0.3) is 0 Å². The van der Waals surface area contributed by atoms with Gasteiger partial charge in [-0.1, -0.05) is 60.7 Å². The van der Waals surface area contributed by atoms with Crippen LogP contribution >= 0.6 is 11.3 Å². The van der Waals surface area contributed by atoms with Crippen LogP contribution in [0.15, 0.2) is 84.9 Å². The summed E-state index contributed by atoms with van der Waals surface area (Å²) >= 11 is 1.76. The van der Waals surface area contributed by atoms with Gasteiger partial charge < -0.3 is 9.64 Å². The minimum absolute atomic E-state index is 0.801. The summed E-state index contributed by atoms with van der Waals surface area (Å²) in [6.45, 7) is 3.50. The first kappa shape index (κ1) is 18.1. The van der Waals surface area contributed by atoms with Gasteiger partial charge in [-0.15, -0.1) is 11.3 Å². The zero-order valence-corrected chi connectivity index (χ0v) is 16.9. The molecule has 0 saturated carbocycles. The number of nitrogens with zero attached hydrogens (tertiary/aromatic N) is 2. The molecule has 1 fully saturated rings. The second-order valence-electron chi connectivity index (χ2n) is 7.08. The Morgan fingerprint density at radius 1 is 0.690 bits per heavy atom. The Balaban J connectivity index is 1.53. The van der Waals surface area contributed by atoms with Crippen molar-refractivity contribution in [1.82, 2.24) is 4.98 Å². The molecule has 1 aliphatic rings. The van der Waals surface area contributed by atoms with E-state index in [0.29, 0.717) is 0 Å². The highest BCUT2D eigenvalue weighted by Gasteiger charge is 2.16. The highest BCUT2D eigenvalue weighted by molar-refractivity contribution is 7.19. The van der Waals surface area contributed by atoms with Crippen LogP contribution in [0.3, 0.4) is 0 Å². The standard InChI is InChI=1S/C25H22N2OS/c1-3-7-19(8-4-1)23-24(20-9-5-2-6-10-20)29-25(26-23)21-11-13-22(14-12-21)27-15-17-28-18-16-27/h1-14H,15-18H2. The van der Waals surface area contributed by atoms with E-state index < -0.39 is 0 Å². The van der Waals surface area contributed by atoms with Crippen LogP contribution in [-0.2, 0) is 4.74 Å². The lowest BCUT2D eigenvalue weighted by atomic mass is 10.1. The van der Waals surface area contributed by atoms with Crippen molar-refractivity contribution >= 4 is 17.0 Å². The monoisotopic (exact) mass is 398 g/mol. The molecule has 3 nitrogen and oxygen atoms in total. The summed E-state index contributed by atoms with van der Waals surface area (Å²) < 4.78 is 5.46. The fraction of sp³-hybridized carbons (Fsp3) is 0.160. The lowest BCUT2D eigenvalue weighted by molar-refractivity contribution is 0.122. The van der Waals surface area contributed by atoms with Crippen molar-refractivity contribution in [3.8, 4) is 32.3 Å². The summed E-state index contributed by atoms with van der Waals surface area (Å²) in [5.74, 6) is 0. The first-order valence-electron chi connectivity index (χ1n) is 9.93. The fourth-order valence-electron chi connectivity index (χ4n) is 3.66. The van der Waals surface area contributed by atoms with E-state index in [9.17, 15) is 0 Å². The van der Waals surface area contributed by atoms with Crippen molar-refractivity contribution in [3.05, 3.63) is 84.9 Å². The Labute approximate surface area is 175 Å². The van der Waals surface area contributed by atoms with Crippen LogP contribution in [0.4, 0.5) is 5.69 Å². The molecular formula is C25H22N2OS. The molecule has 144 valence electrons. The average molecular weight is 399 g/mol. The zero-order chi connectivity index (χ0) is 19.5. The molecule has 2 heterocycles. The SMILES string of the molecule is c1ccc(-c2nc(-c3ccc(N4CCOCC4)cc3)sc2-c2ccccc2)cc1. The third-order valence-corrected chi connectivity index (χ3v) is 6.35. The smallest absolute Gasteiger partial charge is 0.124 e. The molecular weight excluding hydrogens is 376 g/mol. The maximum atomic E-state index is 5.46. The number of hydrogen-bond donors (Lipinski definition) is 0.